The van der Waals surface area contributed by atoms with Gasteiger partial charge in [-0.15, -0.1) is 0 Å². The second-order valence-electron chi connectivity index (χ2n) is 3.94. The first kappa shape index (κ1) is 10.5. The van der Waals surface area contributed by atoms with Crippen LogP contribution in [0, 0.1) is 6.92 Å². The molecule has 3 aromatic rings. The van der Waals surface area contributed by atoms with Gasteiger partial charge in [0.1, 0.15) is 12.1 Å². The van der Waals surface area contributed by atoms with E-state index in [1.54, 1.807) is 25.1 Å². The van der Waals surface area contributed by atoms with Crippen molar-refractivity contribution >= 4 is 22.6 Å². The van der Waals surface area contributed by atoms with Crippen molar-refractivity contribution in [1.29, 1.82) is 0 Å². The van der Waals surface area contributed by atoms with Gasteiger partial charge in [-0.3, -0.25) is 9.36 Å². The van der Waals surface area contributed by atoms with E-state index in [2.05, 4.69) is 9.97 Å². The van der Waals surface area contributed by atoms with Crippen LogP contribution in [0.1, 0.15) is 16.4 Å². The summed E-state index contributed by atoms with van der Waals surface area (Å²) in [7, 11) is 0. The van der Waals surface area contributed by atoms with Crippen LogP contribution in [0.5, 0.6) is 0 Å². The van der Waals surface area contributed by atoms with E-state index in [-0.39, 0.29) is 11.8 Å². The summed E-state index contributed by atoms with van der Waals surface area (Å²) in [6.45, 7) is 1.73. The number of imidazole rings is 1. The summed E-state index contributed by atoms with van der Waals surface area (Å²) >= 11 is 0. The van der Waals surface area contributed by atoms with Gasteiger partial charge in [0.2, 0.25) is 0 Å². The molecule has 0 bridgehead atoms. The molecule has 3 rings (SSSR count). The molecule has 0 saturated carbocycles. The van der Waals surface area contributed by atoms with Crippen LogP contribution in [0.15, 0.2) is 35.1 Å². The Morgan fingerprint density at radius 1 is 1.39 bits per heavy atom. The van der Waals surface area contributed by atoms with Gasteiger partial charge in [-0.2, -0.15) is 0 Å². The molecule has 2 aromatic heterocycles. The van der Waals surface area contributed by atoms with E-state index in [9.17, 15) is 4.79 Å². The lowest BCUT2D eigenvalue weighted by Crippen LogP contribution is -2.10. The van der Waals surface area contributed by atoms with Gasteiger partial charge in [0.25, 0.3) is 5.89 Å². The topological polar surface area (TPSA) is 86.9 Å². The Balaban J connectivity index is 2.12. The van der Waals surface area contributed by atoms with Crippen molar-refractivity contribution in [2.24, 2.45) is 0 Å². The summed E-state index contributed by atoms with van der Waals surface area (Å²) in [5.74, 6) is 0.283. The zero-order chi connectivity index (χ0) is 12.7. The number of nitrogens with zero attached hydrogens (tertiary/aromatic N) is 3. The highest BCUT2D eigenvalue weighted by molar-refractivity contribution is 5.98. The lowest BCUT2D eigenvalue weighted by Gasteiger charge is -1.99. The molecule has 0 aliphatic rings. The highest BCUT2D eigenvalue weighted by Gasteiger charge is 2.17. The summed E-state index contributed by atoms with van der Waals surface area (Å²) in [6, 6.07) is 5.17. The molecule has 0 spiro atoms. The monoisotopic (exact) mass is 242 g/mol. The fraction of sp³-hybridized carbons (Fsp3) is 0.0833. The van der Waals surface area contributed by atoms with Crippen LogP contribution in [-0.2, 0) is 0 Å². The number of carbonyl (C=O) groups is 1. The highest BCUT2D eigenvalue weighted by atomic mass is 16.4. The number of aryl methyl sites for hydroxylation is 1. The normalized spacial score (nSPS) is 10.9. The molecule has 0 radical (unpaired) electrons. The van der Waals surface area contributed by atoms with Crippen molar-refractivity contribution in [3.05, 3.63) is 42.4 Å². The molecule has 2 N–H and O–H groups in total. The van der Waals surface area contributed by atoms with Gasteiger partial charge in [0.05, 0.1) is 17.2 Å². The molecule has 0 amide bonds. The van der Waals surface area contributed by atoms with Crippen molar-refractivity contribution in [2.45, 2.75) is 6.92 Å². The number of hydrogen-bond donors (Lipinski definition) is 1. The minimum Gasteiger partial charge on any atom is -0.438 e. The van der Waals surface area contributed by atoms with Crippen LogP contribution in [0.4, 0.5) is 5.69 Å². The first-order chi connectivity index (χ1) is 8.65. The van der Waals surface area contributed by atoms with Crippen LogP contribution >= 0.6 is 0 Å². The van der Waals surface area contributed by atoms with Gasteiger partial charge < -0.3 is 10.2 Å². The molecular weight excluding hydrogens is 232 g/mol. The number of benzene rings is 1. The Labute approximate surface area is 102 Å². The van der Waals surface area contributed by atoms with E-state index in [0.717, 1.165) is 0 Å². The first-order valence-electron chi connectivity index (χ1n) is 5.35. The minimum absolute atomic E-state index is 0.0450. The van der Waals surface area contributed by atoms with Crippen molar-refractivity contribution < 1.29 is 9.21 Å². The third kappa shape index (κ3) is 1.55. The largest absolute Gasteiger partial charge is 0.438 e. The van der Waals surface area contributed by atoms with E-state index in [0.29, 0.717) is 22.5 Å². The molecule has 0 unspecified atom stereocenters. The Hall–Kier alpha value is -2.63. The highest BCUT2D eigenvalue weighted by Crippen LogP contribution is 2.17. The van der Waals surface area contributed by atoms with Gasteiger partial charge in [0, 0.05) is 5.69 Å². The fourth-order valence-corrected chi connectivity index (χ4v) is 1.75. The summed E-state index contributed by atoms with van der Waals surface area (Å²) in [4.78, 5) is 20.2. The molecule has 0 aliphatic carbocycles. The SMILES string of the molecule is Cc1cnc(C(=O)n2cnc3cc(N)ccc32)o1. The average Bonchev–Trinajstić information content (AvgIpc) is 2.94. The quantitative estimate of drug-likeness (QED) is 0.655. The molecule has 0 aliphatic heterocycles. The number of fused-ring (bicyclic) bond motifs is 1. The number of carbonyl (C=O) groups excluding carboxylic acids is 1. The van der Waals surface area contributed by atoms with Crippen LogP contribution in [0.3, 0.4) is 0 Å². The standard InChI is InChI=1S/C12H10N4O2/c1-7-5-14-11(18-7)12(17)16-6-15-9-4-8(13)2-3-10(9)16/h2-6H,13H2,1H3. The fourth-order valence-electron chi connectivity index (χ4n) is 1.75. The molecule has 0 fully saturated rings. The van der Waals surface area contributed by atoms with Crippen LogP contribution in [-0.4, -0.2) is 20.4 Å². The molecule has 6 nitrogen and oxygen atoms in total. The van der Waals surface area contributed by atoms with Crippen molar-refractivity contribution in [3.8, 4) is 0 Å². The predicted molar refractivity (Wildman–Crippen MR) is 65.1 cm³/mol. The van der Waals surface area contributed by atoms with Gasteiger partial charge in [-0.1, -0.05) is 0 Å². The van der Waals surface area contributed by atoms with Gasteiger partial charge in [-0.05, 0) is 25.1 Å². The number of nitrogens with two attached hydrogens (primary N) is 1. The number of rotatable bonds is 1. The van der Waals surface area contributed by atoms with Crippen molar-refractivity contribution in [3.63, 3.8) is 0 Å². The van der Waals surface area contributed by atoms with Crippen LogP contribution < -0.4 is 5.73 Å². The molecule has 90 valence electrons. The zero-order valence-corrected chi connectivity index (χ0v) is 9.62. The van der Waals surface area contributed by atoms with Gasteiger partial charge in [-0.25, -0.2) is 9.97 Å². The Morgan fingerprint density at radius 2 is 2.22 bits per heavy atom. The Bertz CT molecular complexity index is 741. The number of hydrogen-bond acceptors (Lipinski definition) is 5. The van der Waals surface area contributed by atoms with E-state index in [4.69, 9.17) is 10.2 Å². The second-order valence-corrected chi connectivity index (χ2v) is 3.94. The molecule has 18 heavy (non-hydrogen) atoms. The predicted octanol–water partition coefficient (Wildman–Crippen LogP) is 1.60. The van der Waals surface area contributed by atoms with E-state index >= 15 is 0 Å². The summed E-state index contributed by atoms with van der Waals surface area (Å²) in [5, 5.41) is 0. The molecular formula is C12H10N4O2. The molecule has 2 heterocycles. The maximum absolute atomic E-state index is 12.2. The van der Waals surface area contributed by atoms with Gasteiger partial charge in [0.15, 0.2) is 0 Å². The maximum atomic E-state index is 12.2. The lowest BCUT2D eigenvalue weighted by atomic mass is 10.3. The number of oxazole rings is 1. The lowest BCUT2D eigenvalue weighted by molar-refractivity contribution is 0.0929. The number of anilines is 1. The third-order valence-electron chi connectivity index (χ3n) is 2.59. The Morgan fingerprint density at radius 3 is 2.94 bits per heavy atom. The van der Waals surface area contributed by atoms with Crippen molar-refractivity contribution in [1.82, 2.24) is 14.5 Å². The van der Waals surface area contributed by atoms with Crippen LogP contribution in [0.25, 0.3) is 11.0 Å². The second kappa shape index (κ2) is 3.69. The van der Waals surface area contributed by atoms with E-state index in [1.807, 2.05) is 0 Å². The molecule has 1 aromatic carbocycles. The minimum atomic E-state index is -0.352. The van der Waals surface area contributed by atoms with E-state index in [1.165, 1.54) is 17.1 Å². The maximum Gasteiger partial charge on any atom is 0.319 e. The third-order valence-corrected chi connectivity index (χ3v) is 2.59. The summed E-state index contributed by atoms with van der Waals surface area (Å²) in [5.41, 5.74) is 7.59. The summed E-state index contributed by atoms with van der Waals surface area (Å²) < 4.78 is 6.60. The zero-order valence-electron chi connectivity index (χ0n) is 9.62. The van der Waals surface area contributed by atoms with E-state index < -0.39 is 0 Å². The van der Waals surface area contributed by atoms with Gasteiger partial charge >= 0.3 is 5.91 Å². The first-order valence-corrected chi connectivity index (χ1v) is 5.35. The van der Waals surface area contributed by atoms with Crippen molar-refractivity contribution in [2.75, 3.05) is 5.73 Å². The Kier molecular flexibility index (Phi) is 2.16. The molecule has 0 atom stereocenters. The molecule has 6 heteroatoms. The number of nitrogen functional groups attached to an aromatic ring is 1. The number of aromatic nitrogens is 3. The smallest absolute Gasteiger partial charge is 0.319 e. The van der Waals surface area contributed by atoms with Crippen LogP contribution in [0.2, 0.25) is 0 Å². The average molecular weight is 242 g/mol. The molecule has 0 saturated heterocycles. The summed E-state index contributed by atoms with van der Waals surface area (Å²) in [6.07, 6.45) is 2.94.